The molecule has 1 fully saturated rings. The quantitative estimate of drug-likeness (QED) is 0.762. The summed E-state index contributed by atoms with van der Waals surface area (Å²) in [6.45, 7) is 2.22. The predicted molar refractivity (Wildman–Crippen MR) is 74.4 cm³/mol. The molecule has 1 saturated carbocycles. The minimum absolute atomic E-state index is 0.561. The maximum absolute atomic E-state index is 6.02. The summed E-state index contributed by atoms with van der Waals surface area (Å²) in [6.07, 6.45) is 3.76. The van der Waals surface area contributed by atoms with Gasteiger partial charge in [-0.25, -0.2) is 0 Å². The maximum atomic E-state index is 6.02. The van der Waals surface area contributed by atoms with Crippen LogP contribution in [-0.4, -0.2) is 20.3 Å². The molecule has 18 heavy (non-hydrogen) atoms. The third-order valence-corrected chi connectivity index (χ3v) is 3.48. The third kappa shape index (κ3) is 2.63. The highest BCUT2D eigenvalue weighted by Crippen LogP contribution is 2.41. The lowest BCUT2D eigenvalue weighted by atomic mass is 10.2. The number of nitrogens with one attached hydrogen (secondary N) is 1. The summed E-state index contributed by atoms with van der Waals surface area (Å²) in [5, 5.41) is 3.48. The Bertz CT molecular complexity index is 421. The lowest BCUT2D eigenvalue weighted by molar-refractivity contribution is 0.355. The Morgan fingerprint density at radius 3 is 2.56 bits per heavy atom. The van der Waals surface area contributed by atoms with Crippen molar-refractivity contribution in [1.29, 1.82) is 0 Å². The molecule has 1 aliphatic carbocycles. The van der Waals surface area contributed by atoms with Crippen molar-refractivity contribution >= 4 is 11.4 Å². The summed E-state index contributed by atoms with van der Waals surface area (Å²) < 4.78 is 10.5. The van der Waals surface area contributed by atoms with E-state index < -0.39 is 0 Å². The topological polar surface area (TPSA) is 56.5 Å². The summed E-state index contributed by atoms with van der Waals surface area (Å²) in [7, 11) is 3.25. The standard InChI is InChI=1S/C14H22N2O2/c1-4-5-9-6-11(9)16-12-8-14(18-3)13(17-2)7-10(12)15/h7-9,11,16H,4-6,15H2,1-3H3. The molecular formula is C14H22N2O2. The number of hydrogen-bond donors (Lipinski definition) is 2. The Kier molecular flexibility index (Phi) is 3.84. The van der Waals surface area contributed by atoms with Crippen LogP contribution in [-0.2, 0) is 0 Å². The summed E-state index contributed by atoms with van der Waals surface area (Å²) in [5.74, 6) is 2.17. The van der Waals surface area contributed by atoms with Crippen LogP contribution < -0.4 is 20.5 Å². The van der Waals surface area contributed by atoms with Crippen LogP contribution in [0.1, 0.15) is 26.2 Å². The van der Waals surface area contributed by atoms with E-state index in [9.17, 15) is 0 Å². The SMILES string of the molecule is CCCC1CC1Nc1cc(OC)c(OC)cc1N. The zero-order chi connectivity index (χ0) is 13.1. The molecule has 0 aliphatic heterocycles. The molecule has 0 spiro atoms. The number of anilines is 2. The minimum Gasteiger partial charge on any atom is -0.493 e. The van der Waals surface area contributed by atoms with E-state index >= 15 is 0 Å². The van der Waals surface area contributed by atoms with Crippen LogP contribution in [0.3, 0.4) is 0 Å². The van der Waals surface area contributed by atoms with Crippen LogP contribution in [0.5, 0.6) is 11.5 Å². The number of hydrogen-bond acceptors (Lipinski definition) is 4. The van der Waals surface area contributed by atoms with Gasteiger partial charge in [-0.2, -0.15) is 0 Å². The Morgan fingerprint density at radius 2 is 1.94 bits per heavy atom. The summed E-state index contributed by atoms with van der Waals surface area (Å²) in [5.41, 5.74) is 7.66. The predicted octanol–water partition coefficient (Wildman–Crippen LogP) is 2.89. The molecule has 4 nitrogen and oxygen atoms in total. The average molecular weight is 250 g/mol. The van der Waals surface area contributed by atoms with Gasteiger partial charge in [-0.3, -0.25) is 0 Å². The molecule has 0 bridgehead atoms. The van der Waals surface area contributed by atoms with Crippen molar-refractivity contribution in [3.05, 3.63) is 12.1 Å². The van der Waals surface area contributed by atoms with Gasteiger partial charge in [-0.05, 0) is 18.8 Å². The van der Waals surface area contributed by atoms with Crippen LogP contribution in [0.25, 0.3) is 0 Å². The molecule has 2 rings (SSSR count). The highest BCUT2D eigenvalue weighted by Gasteiger charge is 2.36. The van der Waals surface area contributed by atoms with Crippen molar-refractivity contribution < 1.29 is 9.47 Å². The fraction of sp³-hybridized carbons (Fsp3) is 0.571. The van der Waals surface area contributed by atoms with Gasteiger partial charge in [0.2, 0.25) is 0 Å². The van der Waals surface area contributed by atoms with Gasteiger partial charge in [-0.15, -0.1) is 0 Å². The molecule has 0 saturated heterocycles. The van der Waals surface area contributed by atoms with E-state index in [2.05, 4.69) is 12.2 Å². The normalized spacial score (nSPS) is 21.5. The molecule has 0 heterocycles. The maximum Gasteiger partial charge on any atom is 0.162 e. The van der Waals surface area contributed by atoms with Crippen LogP contribution in [0, 0.1) is 5.92 Å². The highest BCUT2D eigenvalue weighted by molar-refractivity contribution is 5.72. The van der Waals surface area contributed by atoms with Gasteiger partial charge in [-0.1, -0.05) is 13.3 Å². The van der Waals surface area contributed by atoms with Crippen LogP contribution >= 0.6 is 0 Å². The zero-order valence-corrected chi connectivity index (χ0v) is 11.3. The first-order valence-corrected chi connectivity index (χ1v) is 6.47. The molecule has 1 aliphatic rings. The number of ether oxygens (including phenoxy) is 2. The second-order valence-electron chi connectivity index (χ2n) is 4.83. The van der Waals surface area contributed by atoms with Crippen LogP contribution in [0.15, 0.2) is 12.1 Å². The second-order valence-corrected chi connectivity index (χ2v) is 4.83. The van der Waals surface area contributed by atoms with Crippen molar-refractivity contribution in [2.75, 3.05) is 25.3 Å². The molecule has 3 N–H and O–H groups in total. The van der Waals surface area contributed by atoms with E-state index in [0.717, 1.165) is 11.6 Å². The Labute approximate surface area is 108 Å². The van der Waals surface area contributed by atoms with E-state index in [0.29, 0.717) is 23.2 Å². The van der Waals surface area contributed by atoms with E-state index in [4.69, 9.17) is 15.2 Å². The Morgan fingerprint density at radius 1 is 1.28 bits per heavy atom. The van der Waals surface area contributed by atoms with Gasteiger partial charge in [0.15, 0.2) is 11.5 Å². The largest absolute Gasteiger partial charge is 0.493 e. The van der Waals surface area contributed by atoms with Gasteiger partial charge < -0.3 is 20.5 Å². The van der Waals surface area contributed by atoms with Crippen LogP contribution in [0.4, 0.5) is 11.4 Å². The summed E-state index contributed by atoms with van der Waals surface area (Å²) >= 11 is 0. The van der Waals surface area contributed by atoms with E-state index in [-0.39, 0.29) is 0 Å². The molecule has 2 unspecified atom stereocenters. The van der Waals surface area contributed by atoms with Gasteiger partial charge in [0.1, 0.15) is 0 Å². The number of methoxy groups -OCH3 is 2. The fourth-order valence-electron chi connectivity index (χ4n) is 2.33. The Hall–Kier alpha value is -1.58. The lowest BCUT2D eigenvalue weighted by Gasteiger charge is -2.14. The summed E-state index contributed by atoms with van der Waals surface area (Å²) in [6, 6.07) is 4.28. The molecule has 1 aromatic carbocycles. The van der Waals surface area contributed by atoms with Crippen LogP contribution in [0.2, 0.25) is 0 Å². The van der Waals surface area contributed by atoms with Crippen molar-refractivity contribution in [3.8, 4) is 11.5 Å². The average Bonchev–Trinajstić information content (AvgIpc) is 3.10. The molecule has 0 aromatic heterocycles. The minimum atomic E-state index is 0.561. The number of nitrogens with two attached hydrogens (primary N) is 1. The first-order valence-electron chi connectivity index (χ1n) is 6.47. The molecule has 2 atom stereocenters. The number of rotatable bonds is 6. The fourth-order valence-corrected chi connectivity index (χ4v) is 2.33. The number of nitrogen functional groups attached to an aromatic ring is 1. The zero-order valence-electron chi connectivity index (χ0n) is 11.3. The van der Waals surface area contributed by atoms with Gasteiger partial charge >= 0.3 is 0 Å². The molecule has 0 amide bonds. The van der Waals surface area contributed by atoms with E-state index in [1.165, 1.54) is 19.3 Å². The first-order chi connectivity index (χ1) is 8.69. The van der Waals surface area contributed by atoms with Crippen molar-refractivity contribution in [2.24, 2.45) is 5.92 Å². The van der Waals surface area contributed by atoms with Gasteiger partial charge in [0.05, 0.1) is 25.6 Å². The lowest BCUT2D eigenvalue weighted by Crippen LogP contribution is -2.07. The van der Waals surface area contributed by atoms with Crippen molar-refractivity contribution in [2.45, 2.75) is 32.2 Å². The van der Waals surface area contributed by atoms with Crippen molar-refractivity contribution in [1.82, 2.24) is 0 Å². The molecule has 0 radical (unpaired) electrons. The Balaban J connectivity index is 2.09. The summed E-state index contributed by atoms with van der Waals surface area (Å²) in [4.78, 5) is 0. The molecule has 100 valence electrons. The third-order valence-electron chi connectivity index (χ3n) is 3.48. The van der Waals surface area contributed by atoms with Gasteiger partial charge in [0, 0.05) is 18.2 Å². The van der Waals surface area contributed by atoms with E-state index in [1.807, 2.05) is 6.07 Å². The molecular weight excluding hydrogens is 228 g/mol. The highest BCUT2D eigenvalue weighted by atomic mass is 16.5. The first kappa shape index (κ1) is 12.9. The van der Waals surface area contributed by atoms with Gasteiger partial charge in [0.25, 0.3) is 0 Å². The monoisotopic (exact) mass is 250 g/mol. The number of benzene rings is 1. The van der Waals surface area contributed by atoms with E-state index in [1.54, 1.807) is 20.3 Å². The second kappa shape index (κ2) is 5.38. The molecule has 1 aromatic rings. The smallest absolute Gasteiger partial charge is 0.162 e. The van der Waals surface area contributed by atoms with Crippen molar-refractivity contribution in [3.63, 3.8) is 0 Å². The molecule has 4 heteroatoms.